The van der Waals surface area contributed by atoms with Gasteiger partial charge in [-0.1, -0.05) is 48.2 Å². The summed E-state index contributed by atoms with van der Waals surface area (Å²) in [6.07, 6.45) is 0. The van der Waals surface area contributed by atoms with E-state index in [1.165, 1.54) is 10.4 Å². The van der Waals surface area contributed by atoms with Crippen molar-refractivity contribution in [3.8, 4) is 11.5 Å². The van der Waals surface area contributed by atoms with Crippen molar-refractivity contribution in [3.63, 3.8) is 0 Å². The number of carbonyl (C=O) groups excluding carboxylic acids is 1. The third-order valence-electron chi connectivity index (χ3n) is 5.10. The quantitative estimate of drug-likeness (QED) is 0.482. The molecule has 9 nitrogen and oxygen atoms in total. The molecule has 4 rings (SSSR count). The van der Waals surface area contributed by atoms with Crippen LogP contribution in [-0.2, 0) is 19.6 Å². The summed E-state index contributed by atoms with van der Waals surface area (Å²) in [7, 11) is -3.64. The molecule has 0 radical (unpaired) electrons. The average molecular weight is 489 g/mol. The fourth-order valence-corrected chi connectivity index (χ4v) is 5.37. The molecule has 1 aliphatic heterocycles. The van der Waals surface area contributed by atoms with Crippen LogP contribution in [0.3, 0.4) is 0 Å². The summed E-state index contributed by atoms with van der Waals surface area (Å²) in [4.78, 5) is 12.4. The Hall–Kier alpha value is -2.73. The number of thioether (sulfide) groups is 1. The second-order valence-corrected chi connectivity index (χ2v) is 10.3. The smallest absolute Gasteiger partial charge is 0.277 e. The first-order valence-corrected chi connectivity index (χ1v) is 12.8. The molecule has 174 valence electrons. The number of rotatable bonds is 8. The van der Waals surface area contributed by atoms with Crippen LogP contribution in [0.15, 0.2) is 69.1 Å². The molecule has 1 fully saturated rings. The van der Waals surface area contributed by atoms with E-state index in [0.29, 0.717) is 31.9 Å². The topological polar surface area (TPSA) is 115 Å². The first-order valence-electron chi connectivity index (χ1n) is 10.4. The van der Waals surface area contributed by atoms with Gasteiger partial charge in [-0.2, -0.15) is 4.31 Å². The number of amides is 1. The van der Waals surface area contributed by atoms with Gasteiger partial charge in [0.2, 0.25) is 21.8 Å². The number of hydrogen-bond donors (Lipinski definition) is 1. The summed E-state index contributed by atoms with van der Waals surface area (Å²) < 4.78 is 38.1. The summed E-state index contributed by atoms with van der Waals surface area (Å²) in [5.41, 5.74) is 1.51. The Kier molecular flexibility index (Phi) is 7.43. The molecule has 1 N–H and O–H groups in total. The number of sulfonamides is 1. The van der Waals surface area contributed by atoms with Crippen molar-refractivity contribution >= 4 is 27.7 Å². The summed E-state index contributed by atoms with van der Waals surface area (Å²) in [5.74, 6) is 0.147. The Morgan fingerprint density at radius 3 is 2.64 bits per heavy atom. The standard InChI is InChI=1S/C22H24N4O5S2/c1-16(17-6-3-2-4-7-17)23-20(27)15-32-22-25-24-21(31-22)18-8-5-9-19(14-18)33(28,29)26-10-12-30-13-11-26/h2-9,14,16H,10-13,15H2,1H3,(H,23,27)/t16-/m0/s1. The van der Waals surface area contributed by atoms with Gasteiger partial charge in [-0.3, -0.25) is 4.79 Å². The average Bonchev–Trinajstić information content (AvgIpc) is 3.33. The summed E-state index contributed by atoms with van der Waals surface area (Å²) in [5, 5.41) is 11.1. The first kappa shape index (κ1) is 23.4. The zero-order valence-corrected chi connectivity index (χ0v) is 19.6. The third kappa shape index (κ3) is 5.80. The minimum Gasteiger partial charge on any atom is -0.411 e. The summed E-state index contributed by atoms with van der Waals surface area (Å²) >= 11 is 1.12. The molecule has 1 aromatic heterocycles. The number of nitrogens with zero attached hydrogens (tertiary/aromatic N) is 3. The molecule has 3 aromatic rings. The molecule has 2 heterocycles. The van der Waals surface area contributed by atoms with E-state index in [4.69, 9.17) is 9.15 Å². The van der Waals surface area contributed by atoms with Crippen LogP contribution in [0.4, 0.5) is 0 Å². The van der Waals surface area contributed by atoms with Gasteiger partial charge in [-0.25, -0.2) is 8.42 Å². The van der Waals surface area contributed by atoms with Crippen LogP contribution >= 0.6 is 11.8 Å². The molecule has 0 aliphatic carbocycles. The van der Waals surface area contributed by atoms with Crippen LogP contribution in [0.1, 0.15) is 18.5 Å². The second kappa shape index (κ2) is 10.5. The minimum atomic E-state index is -3.64. The van der Waals surface area contributed by atoms with Crippen LogP contribution in [0.5, 0.6) is 0 Å². The molecule has 0 spiro atoms. The Morgan fingerprint density at radius 2 is 1.88 bits per heavy atom. The van der Waals surface area contributed by atoms with Gasteiger partial charge in [0.05, 0.1) is 29.9 Å². The lowest BCUT2D eigenvalue weighted by molar-refractivity contribution is -0.119. The predicted molar refractivity (Wildman–Crippen MR) is 123 cm³/mol. The van der Waals surface area contributed by atoms with Crippen molar-refractivity contribution < 1.29 is 22.4 Å². The molecule has 2 aromatic carbocycles. The van der Waals surface area contributed by atoms with E-state index in [0.717, 1.165) is 17.3 Å². The molecule has 1 saturated heterocycles. The molecule has 0 unspecified atom stereocenters. The van der Waals surface area contributed by atoms with Crippen LogP contribution in [0.2, 0.25) is 0 Å². The Bertz CT molecular complexity index is 1190. The van der Waals surface area contributed by atoms with Crippen molar-refractivity contribution in [2.75, 3.05) is 32.1 Å². The number of ether oxygens (including phenoxy) is 1. The third-order valence-corrected chi connectivity index (χ3v) is 7.81. The SMILES string of the molecule is C[C@H](NC(=O)CSc1nnc(-c2cccc(S(=O)(=O)N3CCOCC3)c2)o1)c1ccccc1. The van der Waals surface area contributed by atoms with Gasteiger partial charge in [0.25, 0.3) is 5.22 Å². The van der Waals surface area contributed by atoms with Crippen molar-refractivity contribution in [1.29, 1.82) is 0 Å². The monoisotopic (exact) mass is 488 g/mol. The highest BCUT2D eigenvalue weighted by atomic mass is 32.2. The van der Waals surface area contributed by atoms with Gasteiger partial charge in [0.1, 0.15) is 0 Å². The first-order chi connectivity index (χ1) is 15.9. The Balaban J connectivity index is 1.38. The zero-order chi connectivity index (χ0) is 23.3. The second-order valence-electron chi connectivity index (χ2n) is 7.41. The lowest BCUT2D eigenvalue weighted by Gasteiger charge is -2.26. The zero-order valence-electron chi connectivity index (χ0n) is 18.0. The molecular formula is C22H24N4O5S2. The van der Waals surface area contributed by atoms with Crippen LogP contribution < -0.4 is 5.32 Å². The maximum absolute atomic E-state index is 12.9. The maximum Gasteiger partial charge on any atom is 0.277 e. The van der Waals surface area contributed by atoms with Crippen molar-refractivity contribution in [2.45, 2.75) is 23.1 Å². The van der Waals surface area contributed by atoms with Crippen molar-refractivity contribution in [1.82, 2.24) is 19.8 Å². The van der Waals surface area contributed by atoms with E-state index in [-0.39, 0.29) is 33.7 Å². The lowest BCUT2D eigenvalue weighted by Crippen LogP contribution is -2.40. The molecule has 11 heteroatoms. The largest absolute Gasteiger partial charge is 0.411 e. The number of hydrogen-bond acceptors (Lipinski definition) is 8. The number of nitrogens with one attached hydrogen (secondary N) is 1. The predicted octanol–water partition coefficient (Wildman–Crippen LogP) is 2.73. The highest BCUT2D eigenvalue weighted by molar-refractivity contribution is 7.99. The number of morpholine rings is 1. The number of carbonyl (C=O) groups is 1. The molecule has 33 heavy (non-hydrogen) atoms. The van der Waals surface area contributed by atoms with Crippen LogP contribution in [-0.4, -0.2) is 60.9 Å². The van der Waals surface area contributed by atoms with Gasteiger partial charge >= 0.3 is 0 Å². The van der Waals surface area contributed by atoms with E-state index in [1.807, 2.05) is 37.3 Å². The van der Waals surface area contributed by atoms with Gasteiger partial charge in [0.15, 0.2) is 0 Å². The molecule has 1 aliphatic rings. The van der Waals surface area contributed by atoms with Crippen LogP contribution in [0.25, 0.3) is 11.5 Å². The lowest BCUT2D eigenvalue weighted by atomic mass is 10.1. The Labute approximate surface area is 196 Å². The summed E-state index contributed by atoms with van der Waals surface area (Å²) in [6, 6.07) is 16.0. The molecule has 1 atom stereocenters. The van der Waals surface area contributed by atoms with Gasteiger partial charge in [-0.05, 0) is 30.7 Å². The van der Waals surface area contributed by atoms with E-state index in [1.54, 1.807) is 18.2 Å². The van der Waals surface area contributed by atoms with E-state index in [9.17, 15) is 13.2 Å². The Morgan fingerprint density at radius 1 is 1.12 bits per heavy atom. The molecular weight excluding hydrogens is 464 g/mol. The summed E-state index contributed by atoms with van der Waals surface area (Å²) in [6.45, 7) is 3.31. The molecule has 0 bridgehead atoms. The van der Waals surface area contributed by atoms with Gasteiger partial charge < -0.3 is 14.5 Å². The number of benzene rings is 2. The van der Waals surface area contributed by atoms with Crippen molar-refractivity contribution in [2.24, 2.45) is 0 Å². The van der Waals surface area contributed by atoms with E-state index in [2.05, 4.69) is 15.5 Å². The highest BCUT2D eigenvalue weighted by Crippen LogP contribution is 2.26. The fourth-order valence-electron chi connectivity index (χ4n) is 3.35. The minimum absolute atomic E-state index is 0.115. The fraction of sp³-hybridized carbons (Fsp3) is 0.318. The van der Waals surface area contributed by atoms with Crippen LogP contribution in [0, 0.1) is 0 Å². The van der Waals surface area contributed by atoms with Gasteiger partial charge in [0, 0.05) is 18.7 Å². The van der Waals surface area contributed by atoms with Gasteiger partial charge in [-0.15, -0.1) is 10.2 Å². The van der Waals surface area contributed by atoms with E-state index >= 15 is 0 Å². The highest BCUT2D eigenvalue weighted by Gasteiger charge is 2.27. The van der Waals surface area contributed by atoms with E-state index < -0.39 is 10.0 Å². The van der Waals surface area contributed by atoms with Crippen molar-refractivity contribution in [3.05, 3.63) is 60.2 Å². The maximum atomic E-state index is 12.9. The normalized spacial score (nSPS) is 15.8. The number of aromatic nitrogens is 2. The molecule has 1 amide bonds. The molecule has 0 saturated carbocycles.